The highest BCUT2D eigenvalue weighted by Gasteiger charge is 2.38. The lowest BCUT2D eigenvalue weighted by Crippen LogP contribution is -2.32. The van der Waals surface area contributed by atoms with Crippen LogP contribution in [0.5, 0.6) is 0 Å². The first kappa shape index (κ1) is 19.3. The molecule has 0 aromatic heterocycles. The van der Waals surface area contributed by atoms with E-state index in [1.54, 1.807) is 24.3 Å². The second-order valence-corrected chi connectivity index (χ2v) is 8.68. The van der Waals surface area contributed by atoms with Gasteiger partial charge in [0.15, 0.2) is 5.79 Å². The second-order valence-electron chi connectivity index (χ2n) is 6.91. The van der Waals surface area contributed by atoms with E-state index in [0.29, 0.717) is 24.7 Å². The van der Waals surface area contributed by atoms with Gasteiger partial charge in [-0.25, -0.2) is 13.1 Å². The molecule has 0 amide bonds. The summed E-state index contributed by atoms with van der Waals surface area (Å²) in [6.07, 6.45) is 7.29. The van der Waals surface area contributed by atoms with Crippen LogP contribution in [-0.2, 0) is 19.5 Å². The van der Waals surface area contributed by atoms with Crippen molar-refractivity contribution in [1.82, 2.24) is 4.72 Å². The lowest BCUT2D eigenvalue weighted by Gasteiger charge is -2.31. The van der Waals surface area contributed by atoms with Crippen LogP contribution in [-0.4, -0.2) is 34.0 Å². The number of nitrogens with one attached hydrogen (secondary N) is 1. The fraction of sp³-hybridized carbons (Fsp3) is 0.550. The van der Waals surface area contributed by atoms with E-state index >= 15 is 0 Å². The Balaban J connectivity index is 1.40. The van der Waals surface area contributed by atoms with Crippen LogP contribution in [0.25, 0.3) is 0 Å². The summed E-state index contributed by atoms with van der Waals surface area (Å²) in [5, 5.41) is 0. The van der Waals surface area contributed by atoms with E-state index in [4.69, 9.17) is 9.47 Å². The van der Waals surface area contributed by atoms with Gasteiger partial charge in [0.25, 0.3) is 0 Å². The van der Waals surface area contributed by atoms with Crippen LogP contribution in [0, 0.1) is 6.92 Å². The van der Waals surface area contributed by atoms with Crippen molar-refractivity contribution in [1.29, 1.82) is 0 Å². The zero-order chi connectivity index (χ0) is 18.5. The SMILES string of the molecule is Cc1ccc(S(=O)(=O)NCCCC=C=C2CCC3(CC2)OCCO3)cc1. The number of sulfonamides is 1. The number of hydrogen-bond acceptors (Lipinski definition) is 4. The van der Waals surface area contributed by atoms with Crippen molar-refractivity contribution >= 4 is 10.0 Å². The topological polar surface area (TPSA) is 64.6 Å². The van der Waals surface area contributed by atoms with E-state index in [2.05, 4.69) is 10.5 Å². The third-order valence-electron chi connectivity index (χ3n) is 4.88. The Morgan fingerprint density at radius 3 is 2.46 bits per heavy atom. The molecule has 5 nitrogen and oxygen atoms in total. The summed E-state index contributed by atoms with van der Waals surface area (Å²) in [6.45, 7) is 3.76. The summed E-state index contributed by atoms with van der Waals surface area (Å²) in [5.74, 6) is -0.334. The zero-order valence-electron chi connectivity index (χ0n) is 15.3. The third kappa shape index (κ3) is 5.06. The maximum absolute atomic E-state index is 12.2. The largest absolute Gasteiger partial charge is 0.348 e. The highest BCUT2D eigenvalue weighted by atomic mass is 32.2. The fourth-order valence-electron chi connectivity index (χ4n) is 3.29. The molecular weight excluding hydrogens is 350 g/mol. The molecule has 1 saturated carbocycles. The molecule has 1 N–H and O–H groups in total. The Bertz CT molecular complexity index is 759. The van der Waals surface area contributed by atoms with Gasteiger partial charge in [0.2, 0.25) is 10.0 Å². The van der Waals surface area contributed by atoms with Crippen molar-refractivity contribution < 1.29 is 17.9 Å². The minimum atomic E-state index is -3.41. The summed E-state index contributed by atoms with van der Waals surface area (Å²) >= 11 is 0. The van der Waals surface area contributed by atoms with E-state index in [1.807, 2.05) is 13.0 Å². The molecule has 0 unspecified atom stereocenters. The summed E-state index contributed by atoms with van der Waals surface area (Å²) < 4.78 is 38.5. The van der Waals surface area contributed by atoms with E-state index in [1.165, 1.54) is 5.57 Å². The van der Waals surface area contributed by atoms with E-state index in [0.717, 1.165) is 44.1 Å². The maximum atomic E-state index is 12.2. The Hall–Kier alpha value is -1.43. The minimum Gasteiger partial charge on any atom is -0.348 e. The molecule has 0 radical (unpaired) electrons. The average molecular weight is 378 g/mol. The number of aryl methyl sites for hydroxylation is 1. The monoisotopic (exact) mass is 377 g/mol. The molecule has 1 aliphatic heterocycles. The molecule has 26 heavy (non-hydrogen) atoms. The van der Waals surface area contributed by atoms with Crippen LogP contribution in [0.3, 0.4) is 0 Å². The molecule has 1 aliphatic carbocycles. The van der Waals surface area contributed by atoms with Crippen molar-refractivity contribution in [2.45, 2.75) is 56.1 Å². The van der Waals surface area contributed by atoms with Crippen LogP contribution in [0.4, 0.5) is 0 Å². The average Bonchev–Trinajstić information content (AvgIpc) is 3.08. The van der Waals surface area contributed by atoms with Crippen molar-refractivity contribution in [3.8, 4) is 0 Å². The van der Waals surface area contributed by atoms with E-state index in [-0.39, 0.29) is 5.79 Å². The zero-order valence-corrected chi connectivity index (χ0v) is 16.1. The Labute approximate surface area is 156 Å². The summed E-state index contributed by atoms with van der Waals surface area (Å²) in [4.78, 5) is 0.313. The number of benzene rings is 1. The molecule has 1 aromatic rings. The van der Waals surface area contributed by atoms with Crippen molar-refractivity contribution in [3.05, 3.63) is 47.2 Å². The maximum Gasteiger partial charge on any atom is 0.240 e. The van der Waals surface area contributed by atoms with Crippen LogP contribution in [0.15, 0.2) is 46.5 Å². The van der Waals surface area contributed by atoms with Gasteiger partial charge >= 0.3 is 0 Å². The van der Waals surface area contributed by atoms with Crippen LogP contribution < -0.4 is 4.72 Å². The highest BCUT2D eigenvalue weighted by Crippen LogP contribution is 2.37. The van der Waals surface area contributed by atoms with Gasteiger partial charge in [-0.2, -0.15) is 0 Å². The van der Waals surface area contributed by atoms with Crippen LogP contribution in [0.1, 0.15) is 44.1 Å². The van der Waals surface area contributed by atoms with Gasteiger partial charge in [-0.1, -0.05) is 17.7 Å². The Kier molecular flexibility index (Phi) is 6.33. The molecule has 3 rings (SSSR count). The molecule has 2 aliphatic rings. The molecule has 1 saturated heterocycles. The third-order valence-corrected chi connectivity index (χ3v) is 6.36. The number of rotatable bonds is 6. The molecule has 6 heteroatoms. The number of hydrogen-bond donors (Lipinski definition) is 1. The Morgan fingerprint density at radius 1 is 1.15 bits per heavy atom. The molecule has 142 valence electrons. The van der Waals surface area contributed by atoms with Crippen molar-refractivity contribution in [2.75, 3.05) is 19.8 Å². The molecule has 0 atom stereocenters. The second kappa shape index (κ2) is 8.51. The fourth-order valence-corrected chi connectivity index (χ4v) is 4.36. The quantitative estimate of drug-likeness (QED) is 0.609. The molecule has 1 heterocycles. The lowest BCUT2D eigenvalue weighted by molar-refractivity contribution is -0.171. The van der Waals surface area contributed by atoms with Crippen molar-refractivity contribution in [3.63, 3.8) is 0 Å². The van der Waals surface area contributed by atoms with Crippen molar-refractivity contribution in [2.24, 2.45) is 0 Å². The minimum absolute atomic E-state index is 0.313. The summed E-state index contributed by atoms with van der Waals surface area (Å²) in [5.41, 5.74) is 5.71. The lowest BCUT2D eigenvalue weighted by atomic mass is 9.90. The molecular formula is C20H27NO4S. The van der Waals surface area contributed by atoms with Gasteiger partial charge in [0, 0.05) is 19.4 Å². The Morgan fingerprint density at radius 2 is 1.81 bits per heavy atom. The van der Waals surface area contributed by atoms with Gasteiger partial charge < -0.3 is 9.47 Å². The first-order valence-electron chi connectivity index (χ1n) is 9.26. The summed E-state index contributed by atoms with van der Waals surface area (Å²) in [6, 6.07) is 6.88. The van der Waals surface area contributed by atoms with Gasteiger partial charge in [-0.3, -0.25) is 0 Å². The predicted molar refractivity (Wildman–Crippen MR) is 100 cm³/mol. The van der Waals surface area contributed by atoms with Gasteiger partial charge in [-0.05, 0) is 56.4 Å². The van der Waals surface area contributed by atoms with Gasteiger partial charge in [0.1, 0.15) is 0 Å². The molecule has 1 spiro atoms. The molecule has 1 aromatic carbocycles. The normalized spacial score (nSPS) is 19.5. The van der Waals surface area contributed by atoms with Gasteiger partial charge in [-0.15, -0.1) is 5.73 Å². The first-order chi connectivity index (χ1) is 12.5. The number of ether oxygens (including phenoxy) is 2. The first-order valence-corrected chi connectivity index (χ1v) is 10.7. The van der Waals surface area contributed by atoms with Gasteiger partial charge in [0.05, 0.1) is 18.1 Å². The van der Waals surface area contributed by atoms with Crippen LogP contribution >= 0.6 is 0 Å². The highest BCUT2D eigenvalue weighted by molar-refractivity contribution is 7.89. The van der Waals surface area contributed by atoms with Crippen LogP contribution in [0.2, 0.25) is 0 Å². The number of unbranched alkanes of at least 4 members (excludes halogenated alkanes) is 1. The molecule has 2 fully saturated rings. The summed E-state index contributed by atoms with van der Waals surface area (Å²) in [7, 11) is -3.41. The van der Waals surface area contributed by atoms with E-state index in [9.17, 15) is 8.42 Å². The number of allylic oxidation sites excluding steroid dienone is 1. The smallest absolute Gasteiger partial charge is 0.240 e. The standard InChI is InChI=1S/C20H27NO4S/c1-17-6-8-19(9-7-17)26(22,23)21-14-4-2-3-5-18-10-12-20(13-11-18)24-15-16-25-20/h3,6-9,21H,2,4,10-16H2,1H3. The molecule has 0 bridgehead atoms. The predicted octanol–water partition coefficient (Wildman–Crippen LogP) is 3.45. The van der Waals surface area contributed by atoms with E-state index < -0.39 is 10.0 Å².